The van der Waals surface area contributed by atoms with Gasteiger partial charge in [-0.3, -0.25) is 4.79 Å². The number of aromatic hydroxyl groups is 5. The smallest absolute Gasteiger partial charge is 0.244 e. The molecule has 2 heterocycles. The van der Waals surface area contributed by atoms with Gasteiger partial charge in [0, 0.05) is 53.0 Å². The number of aliphatic hydroxyl groups is 1. The van der Waals surface area contributed by atoms with Gasteiger partial charge in [0.05, 0.1) is 5.92 Å². The van der Waals surface area contributed by atoms with Gasteiger partial charge in [0.15, 0.2) is 6.10 Å². The summed E-state index contributed by atoms with van der Waals surface area (Å²) in [5.41, 5.74) is 3.46. The SMILES string of the molecule is O=C(/C=C/c1ccc(O)cc1)NCCc1c([C@H]2c3c(O)cc(O)cc3O[C@H](c3ccc(O)cc3)[C@H]2O)[nH]c2cc(O)ccc12. The molecule has 5 aromatic rings. The van der Waals surface area contributed by atoms with E-state index in [1.807, 2.05) is 0 Å². The van der Waals surface area contributed by atoms with Crippen LogP contribution in [0.2, 0.25) is 0 Å². The molecular formula is C34H30N2O8. The summed E-state index contributed by atoms with van der Waals surface area (Å²) < 4.78 is 6.12. The Balaban J connectivity index is 1.36. The van der Waals surface area contributed by atoms with E-state index in [1.54, 1.807) is 48.5 Å². The number of amides is 1. The van der Waals surface area contributed by atoms with Crippen LogP contribution < -0.4 is 10.1 Å². The van der Waals surface area contributed by atoms with E-state index in [2.05, 4.69) is 10.3 Å². The molecule has 1 aromatic heterocycles. The first kappa shape index (κ1) is 28.5. The third-order valence-corrected chi connectivity index (χ3v) is 7.77. The average Bonchev–Trinajstić information content (AvgIpc) is 3.34. The maximum Gasteiger partial charge on any atom is 0.244 e. The third-order valence-electron chi connectivity index (χ3n) is 7.77. The van der Waals surface area contributed by atoms with E-state index < -0.39 is 18.1 Å². The molecule has 1 aliphatic rings. The van der Waals surface area contributed by atoms with Crippen LogP contribution in [0.1, 0.15) is 40.0 Å². The number of aromatic amines is 1. The van der Waals surface area contributed by atoms with E-state index in [4.69, 9.17) is 4.74 Å². The molecule has 1 aliphatic heterocycles. The molecule has 0 aliphatic carbocycles. The number of fused-ring (bicyclic) bond motifs is 2. The standard InChI is InChI=1S/C34H30N2O8/c37-20-6-1-18(2-7-20)3-12-29(42)35-14-13-25-24-11-10-22(39)15-26(24)36-32(25)31-30-27(41)16-23(40)17-28(30)44-34(33(31)43)19-4-8-21(38)9-5-19/h1-12,15-17,31,33-34,36-41,43H,13-14H2,(H,35,42)/b12-3+/t31-,33+,34-/m1/s1. The molecule has 3 atom stereocenters. The fraction of sp³-hybridized carbons (Fsp3) is 0.147. The highest BCUT2D eigenvalue weighted by Gasteiger charge is 2.43. The summed E-state index contributed by atoms with van der Waals surface area (Å²) in [5, 5.41) is 66.2. The van der Waals surface area contributed by atoms with Gasteiger partial charge in [0.2, 0.25) is 5.91 Å². The second kappa shape index (κ2) is 11.6. The summed E-state index contributed by atoms with van der Waals surface area (Å²) in [5.74, 6) is -1.29. The van der Waals surface area contributed by atoms with Crippen molar-refractivity contribution in [3.05, 3.63) is 113 Å². The van der Waals surface area contributed by atoms with Crippen LogP contribution in [-0.4, -0.2) is 54.2 Å². The molecule has 0 unspecified atom stereocenters. The fourth-order valence-electron chi connectivity index (χ4n) is 5.73. The minimum absolute atomic E-state index is 0.0344. The van der Waals surface area contributed by atoms with E-state index in [0.29, 0.717) is 23.2 Å². The summed E-state index contributed by atoms with van der Waals surface area (Å²) in [6.07, 6.45) is 1.20. The van der Waals surface area contributed by atoms with E-state index in [1.165, 1.54) is 42.5 Å². The fourth-order valence-corrected chi connectivity index (χ4v) is 5.73. The number of H-pyrrole nitrogens is 1. The highest BCUT2D eigenvalue weighted by atomic mass is 16.5. The molecule has 44 heavy (non-hydrogen) atoms. The zero-order valence-electron chi connectivity index (χ0n) is 23.3. The number of aromatic nitrogens is 1. The first-order chi connectivity index (χ1) is 21.2. The van der Waals surface area contributed by atoms with Crippen molar-refractivity contribution in [2.24, 2.45) is 0 Å². The molecule has 224 valence electrons. The monoisotopic (exact) mass is 594 g/mol. The molecule has 0 radical (unpaired) electrons. The lowest BCUT2D eigenvalue weighted by Crippen LogP contribution is -2.36. The third kappa shape index (κ3) is 5.58. The van der Waals surface area contributed by atoms with Crippen LogP contribution in [0, 0.1) is 0 Å². The number of aliphatic hydroxyl groups excluding tert-OH is 1. The Morgan fingerprint density at radius 3 is 2.25 bits per heavy atom. The minimum Gasteiger partial charge on any atom is -0.508 e. The number of phenols is 5. The Kier molecular flexibility index (Phi) is 7.50. The van der Waals surface area contributed by atoms with E-state index in [0.717, 1.165) is 16.5 Å². The van der Waals surface area contributed by atoms with Crippen molar-refractivity contribution >= 4 is 22.9 Å². The molecule has 1 amide bonds. The molecule has 10 heteroatoms. The van der Waals surface area contributed by atoms with Crippen molar-refractivity contribution in [1.29, 1.82) is 0 Å². The summed E-state index contributed by atoms with van der Waals surface area (Å²) in [4.78, 5) is 15.9. The number of carbonyl (C=O) groups is 1. The number of nitrogens with one attached hydrogen (secondary N) is 2. The molecule has 4 aromatic carbocycles. The van der Waals surface area contributed by atoms with Gasteiger partial charge in [0.25, 0.3) is 0 Å². The first-order valence-corrected chi connectivity index (χ1v) is 14.0. The predicted molar refractivity (Wildman–Crippen MR) is 163 cm³/mol. The Morgan fingerprint density at radius 1 is 0.841 bits per heavy atom. The first-order valence-electron chi connectivity index (χ1n) is 14.0. The molecule has 10 nitrogen and oxygen atoms in total. The molecule has 0 bridgehead atoms. The average molecular weight is 595 g/mol. The van der Waals surface area contributed by atoms with Crippen LogP contribution in [0.5, 0.6) is 34.5 Å². The Hall–Kier alpha value is -5.61. The number of carbonyl (C=O) groups excluding carboxylic acids is 1. The highest BCUT2D eigenvalue weighted by Crippen LogP contribution is 2.51. The zero-order valence-corrected chi connectivity index (χ0v) is 23.3. The molecule has 0 spiro atoms. The molecule has 8 N–H and O–H groups in total. The second-order valence-electron chi connectivity index (χ2n) is 10.7. The van der Waals surface area contributed by atoms with E-state index in [9.17, 15) is 35.4 Å². The minimum atomic E-state index is -1.23. The predicted octanol–water partition coefficient (Wildman–Crippen LogP) is 4.69. The zero-order chi connectivity index (χ0) is 31.0. The topological polar surface area (TPSA) is 176 Å². The van der Waals surface area contributed by atoms with Gasteiger partial charge in [0.1, 0.15) is 40.6 Å². The number of ether oxygens (including phenoxy) is 1. The van der Waals surface area contributed by atoms with Crippen molar-refractivity contribution < 1.29 is 40.2 Å². The molecule has 0 saturated carbocycles. The Bertz CT molecular complexity index is 1860. The second-order valence-corrected chi connectivity index (χ2v) is 10.7. The van der Waals surface area contributed by atoms with E-state index >= 15 is 0 Å². The van der Waals surface area contributed by atoms with Crippen molar-refractivity contribution in [2.45, 2.75) is 24.5 Å². The lowest BCUT2D eigenvalue weighted by atomic mass is 9.80. The maximum absolute atomic E-state index is 12.6. The molecular weight excluding hydrogens is 564 g/mol. The van der Waals surface area contributed by atoms with Gasteiger partial charge in [-0.25, -0.2) is 0 Å². The number of hydrogen-bond acceptors (Lipinski definition) is 8. The van der Waals surface area contributed by atoms with Gasteiger partial charge in [-0.2, -0.15) is 0 Å². The van der Waals surface area contributed by atoms with E-state index in [-0.39, 0.29) is 52.5 Å². The van der Waals surface area contributed by atoms with Crippen molar-refractivity contribution in [3.8, 4) is 34.5 Å². The van der Waals surface area contributed by atoms with Crippen LogP contribution in [0.4, 0.5) is 0 Å². The Labute approximate surface area is 251 Å². The summed E-state index contributed by atoms with van der Waals surface area (Å²) in [6, 6.07) is 20.0. The lowest BCUT2D eigenvalue weighted by molar-refractivity contribution is -0.116. The number of phenolic OH excluding ortho intramolecular Hbond substituents is 5. The summed E-state index contributed by atoms with van der Waals surface area (Å²) in [6.45, 7) is 0.231. The van der Waals surface area contributed by atoms with Crippen LogP contribution >= 0.6 is 0 Å². The van der Waals surface area contributed by atoms with Gasteiger partial charge in [-0.1, -0.05) is 24.3 Å². The van der Waals surface area contributed by atoms with Crippen LogP contribution in [0.25, 0.3) is 17.0 Å². The highest BCUT2D eigenvalue weighted by molar-refractivity contribution is 5.92. The lowest BCUT2D eigenvalue weighted by Gasteiger charge is -2.37. The number of rotatable bonds is 7. The summed E-state index contributed by atoms with van der Waals surface area (Å²) in [7, 11) is 0. The molecule has 0 fully saturated rings. The van der Waals surface area contributed by atoms with Crippen molar-refractivity contribution in [3.63, 3.8) is 0 Å². The van der Waals surface area contributed by atoms with Crippen LogP contribution in [0.15, 0.2) is 84.9 Å². The van der Waals surface area contributed by atoms with Gasteiger partial charge < -0.3 is 45.7 Å². The van der Waals surface area contributed by atoms with Crippen LogP contribution in [-0.2, 0) is 11.2 Å². The number of benzene rings is 4. The summed E-state index contributed by atoms with van der Waals surface area (Å²) >= 11 is 0. The normalized spacial score (nSPS) is 17.8. The molecule has 0 saturated heterocycles. The number of hydrogen-bond donors (Lipinski definition) is 8. The largest absolute Gasteiger partial charge is 0.508 e. The maximum atomic E-state index is 12.6. The van der Waals surface area contributed by atoms with Crippen molar-refractivity contribution in [1.82, 2.24) is 10.3 Å². The van der Waals surface area contributed by atoms with Gasteiger partial charge in [-0.15, -0.1) is 0 Å². The Morgan fingerprint density at radius 2 is 1.52 bits per heavy atom. The molecule has 6 rings (SSSR count). The quantitative estimate of drug-likeness (QED) is 0.125. The van der Waals surface area contributed by atoms with Gasteiger partial charge in [-0.05, 0) is 65.6 Å². The van der Waals surface area contributed by atoms with Gasteiger partial charge >= 0.3 is 0 Å². The van der Waals surface area contributed by atoms with Crippen LogP contribution in [0.3, 0.4) is 0 Å². The van der Waals surface area contributed by atoms with Crippen molar-refractivity contribution in [2.75, 3.05) is 6.54 Å².